The number of nitrogens with zero attached hydrogens (tertiary/aromatic N) is 1. The number of alkyl halides is 2. The van der Waals surface area contributed by atoms with Gasteiger partial charge in [0.15, 0.2) is 17.3 Å². The van der Waals surface area contributed by atoms with Gasteiger partial charge in [-0.3, -0.25) is 9.89 Å². The monoisotopic (exact) mass is 266 g/mol. The van der Waals surface area contributed by atoms with Crippen molar-refractivity contribution in [2.45, 2.75) is 13.2 Å². The average Bonchev–Trinajstić information content (AvgIpc) is 2.89. The topological polar surface area (TPSA) is 64.2 Å². The lowest BCUT2D eigenvalue weighted by atomic mass is 10.0. The molecule has 0 bridgehead atoms. The van der Waals surface area contributed by atoms with Gasteiger partial charge in [-0.05, 0) is 19.1 Å². The minimum absolute atomic E-state index is 0.0833. The number of carbonyl (C=O) groups excluding carboxylic acids is 1. The number of aromatic amines is 1. The van der Waals surface area contributed by atoms with E-state index in [9.17, 15) is 13.6 Å². The summed E-state index contributed by atoms with van der Waals surface area (Å²) in [5, 5.41) is 6.44. The van der Waals surface area contributed by atoms with E-state index in [-0.39, 0.29) is 28.5 Å². The number of para-hydroxylation sites is 1. The normalized spacial score (nSPS) is 15.5. The maximum atomic E-state index is 13.1. The SMILES string of the molecule is CC(=O)c1c[nH]nc1-c1cccc2c1OC(F)(F)O2. The van der Waals surface area contributed by atoms with Gasteiger partial charge in [-0.25, -0.2) is 0 Å². The minimum Gasteiger partial charge on any atom is -0.395 e. The standard InChI is InChI=1S/C12H8F2N2O3/c1-6(17)8-5-15-16-10(8)7-3-2-4-9-11(7)19-12(13,14)18-9/h2-5H,1H3,(H,15,16). The Kier molecular flexibility index (Phi) is 2.31. The number of fused-ring (bicyclic) bond motifs is 1. The molecule has 1 aliphatic heterocycles. The Morgan fingerprint density at radius 1 is 1.37 bits per heavy atom. The molecule has 3 rings (SSSR count). The fraction of sp³-hybridized carbons (Fsp3) is 0.167. The number of halogens is 2. The van der Waals surface area contributed by atoms with Crippen molar-refractivity contribution in [3.63, 3.8) is 0 Å². The van der Waals surface area contributed by atoms with Gasteiger partial charge in [-0.2, -0.15) is 5.10 Å². The van der Waals surface area contributed by atoms with E-state index >= 15 is 0 Å². The van der Waals surface area contributed by atoms with Crippen LogP contribution < -0.4 is 9.47 Å². The van der Waals surface area contributed by atoms with Crippen LogP contribution in [0.15, 0.2) is 24.4 Å². The fourth-order valence-electron chi connectivity index (χ4n) is 1.92. The van der Waals surface area contributed by atoms with E-state index in [2.05, 4.69) is 19.7 Å². The van der Waals surface area contributed by atoms with Gasteiger partial charge in [-0.15, -0.1) is 8.78 Å². The molecule has 0 fully saturated rings. The largest absolute Gasteiger partial charge is 0.586 e. The number of benzene rings is 1. The highest BCUT2D eigenvalue weighted by Crippen LogP contribution is 2.47. The van der Waals surface area contributed by atoms with Gasteiger partial charge in [-0.1, -0.05) is 6.07 Å². The molecule has 2 heterocycles. The molecule has 7 heteroatoms. The summed E-state index contributed by atoms with van der Waals surface area (Å²) in [7, 11) is 0. The molecule has 0 atom stereocenters. The van der Waals surface area contributed by atoms with E-state index in [1.54, 1.807) is 0 Å². The molecule has 0 saturated heterocycles. The van der Waals surface area contributed by atoms with E-state index < -0.39 is 6.29 Å². The van der Waals surface area contributed by atoms with Gasteiger partial charge in [0, 0.05) is 11.8 Å². The van der Waals surface area contributed by atoms with Gasteiger partial charge in [0.25, 0.3) is 0 Å². The Bertz CT molecular complexity index is 667. The van der Waals surface area contributed by atoms with E-state index in [4.69, 9.17) is 0 Å². The van der Waals surface area contributed by atoms with Crippen molar-refractivity contribution in [1.82, 2.24) is 10.2 Å². The van der Waals surface area contributed by atoms with Crippen LogP contribution in [0, 0.1) is 0 Å². The quantitative estimate of drug-likeness (QED) is 0.848. The number of hydrogen-bond donors (Lipinski definition) is 1. The zero-order chi connectivity index (χ0) is 13.6. The van der Waals surface area contributed by atoms with Crippen LogP contribution >= 0.6 is 0 Å². The number of ether oxygens (including phenoxy) is 2. The van der Waals surface area contributed by atoms with Crippen molar-refractivity contribution in [1.29, 1.82) is 0 Å². The number of hydrogen-bond acceptors (Lipinski definition) is 4. The van der Waals surface area contributed by atoms with E-state index in [0.29, 0.717) is 5.56 Å². The molecule has 1 N–H and O–H groups in total. The third-order valence-electron chi connectivity index (χ3n) is 2.70. The number of H-pyrrole nitrogens is 1. The fourth-order valence-corrected chi connectivity index (χ4v) is 1.92. The van der Waals surface area contributed by atoms with Crippen LogP contribution in [0.1, 0.15) is 17.3 Å². The van der Waals surface area contributed by atoms with Crippen molar-refractivity contribution in [2.75, 3.05) is 0 Å². The number of Topliss-reactive ketones (excluding diaryl/α,β-unsaturated/α-hetero) is 1. The van der Waals surface area contributed by atoms with Gasteiger partial charge in [0.1, 0.15) is 5.69 Å². The van der Waals surface area contributed by atoms with Crippen LogP contribution in [0.5, 0.6) is 11.5 Å². The average molecular weight is 266 g/mol. The Hall–Kier alpha value is -2.44. The summed E-state index contributed by atoms with van der Waals surface area (Å²) in [6.07, 6.45) is -2.30. The molecule has 1 aromatic carbocycles. The molecule has 5 nitrogen and oxygen atoms in total. The molecular weight excluding hydrogens is 258 g/mol. The lowest BCUT2D eigenvalue weighted by Gasteiger charge is -2.06. The van der Waals surface area contributed by atoms with Gasteiger partial charge < -0.3 is 9.47 Å². The molecule has 98 valence electrons. The Morgan fingerprint density at radius 3 is 2.89 bits per heavy atom. The number of rotatable bonds is 2. The first kappa shape index (κ1) is 11.6. The molecule has 0 unspecified atom stereocenters. The molecule has 0 saturated carbocycles. The summed E-state index contributed by atoms with van der Waals surface area (Å²) in [5.74, 6) is -0.436. The Labute approximate surface area is 106 Å². The summed E-state index contributed by atoms with van der Waals surface area (Å²) >= 11 is 0. The van der Waals surface area contributed by atoms with Crippen LogP contribution in [0.4, 0.5) is 8.78 Å². The molecule has 0 radical (unpaired) electrons. The van der Waals surface area contributed by atoms with Crippen molar-refractivity contribution < 1.29 is 23.0 Å². The summed E-state index contributed by atoms with van der Waals surface area (Å²) in [6.45, 7) is 1.36. The second kappa shape index (κ2) is 3.78. The highest BCUT2D eigenvalue weighted by atomic mass is 19.3. The molecule has 0 amide bonds. The highest BCUT2D eigenvalue weighted by Gasteiger charge is 2.45. The summed E-state index contributed by atoms with van der Waals surface area (Å²) in [6, 6.07) is 4.42. The van der Waals surface area contributed by atoms with Crippen LogP contribution in [0.25, 0.3) is 11.3 Å². The van der Waals surface area contributed by atoms with E-state index in [0.717, 1.165) is 0 Å². The molecular formula is C12H8F2N2O3. The predicted octanol–water partition coefficient (Wildman–Crippen LogP) is 2.60. The Morgan fingerprint density at radius 2 is 2.16 bits per heavy atom. The van der Waals surface area contributed by atoms with Crippen LogP contribution in [-0.2, 0) is 0 Å². The van der Waals surface area contributed by atoms with Gasteiger partial charge in [0.2, 0.25) is 0 Å². The van der Waals surface area contributed by atoms with Crippen molar-refractivity contribution >= 4 is 5.78 Å². The number of nitrogens with one attached hydrogen (secondary N) is 1. The third kappa shape index (κ3) is 1.83. The second-order valence-corrected chi connectivity index (χ2v) is 4.00. The highest BCUT2D eigenvalue weighted by molar-refractivity contribution is 6.00. The zero-order valence-corrected chi connectivity index (χ0v) is 9.74. The first-order chi connectivity index (χ1) is 8.98. The molecule has 1 aromatic heterocycles. The lowest BCUT2D eigenvalue weighted by molar-refractivity contribution is -0.286. The van der Waals surface area contributed by atoms with E-state index in [1.807, 2.05) is 0 Å². The molecule has 1 aliphatic rings. The van der Waals surface area contributed by atoms with Crippen LogP contribution in [-0.4, -0.2) is 22.3 Å². The molecule has 0 spiro atoms. The first-order valence-corrected chi connectivity index (χ1v) is 5.42. The van der Waals surface area contributed by atoms with Crippen molar-refractivity contribution in [3.8, 4) is 22.8 Å². The van der Waals surface area contributed by atoms with Crippen molar-refractivity contribution in [2.24, 2.45) is 0 Å². The molecule has 2 aromatic rings. The smallest absolute Gasteiger partial charge is 0.395 e. The van der Waals surface area contributed by atoms with Crippen molar-refractivity contribution in [3.05, 3.63) is 30.0 Å². The maximum absolute atomic E-state index is 13.1. The van der Waals surface area contributed by atoms with Gasteiger partial charge in [0.05, 0.1) is 5.56 Å². The third-order valence-corrected chi connectivity index (χ3v) is 2.70. The van der Waals surface area contributed by atoms with Gasteiger partial charge >= 0.3 is 6.29 Å². The van der Waals surface area contributed by atoms with Crippen LogP contribution in [0.3, 0.4) is 0 Å². The number of aromatic nitrogens is 2. The number of carbonyl (C=O) groups is 1. The minimum atomic E-state index is -3.70. The van der Waals surface area contributed by atoms with E-state index in [1.165, 1.54) is 31.3 Å². The molecule has 19 heavy (non-hydrogen) atoms. The first-order valence-electron chi connectivity index (χ1n) is 5.42. The lowest BCUT2D eigenvalue weighted by Crippen LogP contribution is -2.26. The second-order valence-electron chi connectivity index (χ2n) is 4.00. The summed E-state index contributed by atoms with van der Waals surface area (Å²) in [4.78, 5) is 11.4. The summed E-state index contributed by atoms with van der Waals surface area (Å²) < 4.78 is 35.0. The Balaban J connectivity index is 2.16. The number of ketones is 1. The van der Waals surface area contributed by atoms with Crippen LogP contribution in [0.2, 0.25) is 0 Å². The zero-order valence-electron chi connectivity index (χ0n) is 9.74. The predicted molar refractivity (Wildman–Crippen MR) is 60.2 cm³/mol. The summed E-state index contributed by atoms with van der Waals surface area (Å²) in [5.41, 5.74) is 0.832. The maximum Gasteiger partial charge on any atom is 0.586 e. The molecule has 0 aliphatic carbocycles.